The maximum absolute atomic E-state index is 10.7. The van der Waals surface area contributed by atoms with Crippen molar-refractivity contribution in [2.45, 2.75) is 12.8 Å². The summed E-state index contributed by atoms with van der Waals surface area (Å²) in [5, 5.41) is 0. The van der Waals surface area contributed by atoms with E-state index < -0.39 is 0 Å². The van der Waals surface area contributed by atoms with Gasteiger partial charge in [-0.2, -0.15) is 0 Å². The number of anilines is 1. The second-order valence-corrected chi connectivity index (χ2v) is 5.21. The largest absolute Gasteiger partial charge is 0.359 e. The molecule has 0 spiro atoms. The Bertz CT molecular complexity index is 460. The highest BCUT2D eigenvalue weighted by atomic mass is 79.9. The molecule has 1 aliphatic carbocycles. The van der Waals surface area contributed by atoms with E-state index in [0.29, 0.717) is 12.1 Å². The minimum absolute atomic E-state index is 0.607. The normalized spacial score (nSPS) is 14.1. The van der Waals surface area contributed by atoms with E-state index in [1.807, 2.05) is 18.2 Å². The molecular weight excluding hydrogens is 278 g/mol. The molecule has 1 aliphatic rings. The fourth-order valence-electron chi connectivity index (χ4n) is 1.82. The first-order valence-corrected chi connectivity index (χ1v) is 6.47. The number of carbonyl (C=O) groups is 1. The molecule has 0 N–H and O–H groups in total. The van der Waals surface area contributed by atoms with Crippen LogP contribution in [0.15, 0.2) is 22.7 Å². The van der Waals surface area contributed by atoms with Crippen LogP contribution in [0, 0.1) is 18.3 Å². The molecule has 1 saturated carbocycles. The van der Waals surface area contributed by atoms with E-state index in [4.69, 9.17) is 6.42 Å². The standard InChI is InChI=1S/C14H14BrNO/c1-2-7-16(9-11-3-4-11)14-6-5-12(10-17)8-13(14)15/h1,5-6,8,10-11H,3-4,7,9H2. The Hall–Kier alpha value is -1.27. The number of hydrogen-bond donors (Lipinski definition) is 0. The lowest BCUT2D eigenvalue weighted by Crippen LogP contribution is -2.26. The van der Waals surface area contributed by atoms with Crippen molar-refractivity contribution >= 4 is 27.9 Å². The summed E-state index contributed by atoms with van der Waals surface area (Å²) >= 11 is 3.50. The first-order chi connectivity index (χ1) is 8.24. The topological polar surface area (TPSA) is 20.3 Å². The van der Waals surface area contributed by atoms with Crippen LogP contribution in [0.1, 0.15) is 23.2 Å². The van der Waals surface area contributed by atoms with Gasteiger partial charge in [-0.1, -0.05) is 5.92 Å². The Balaban J connectivity index is 2.21. The average molecular weight is 292 g/mol. The van der Waals surface area contributed by atoms with E-state index in [-0.39, 0.29) is 0 Å². The van der Waals surface area contributed by atoms with Crippen molar-refractivity contribution in [1.82, 2.24) is 0 Å². The molecule has 0 aliphatic heterocycles. The van der Waals surface area contributed by atoms with Gasteiger partial charge in [0.25, 0.3) is 0 Å². The van der Waals surface area contributed by atoms with Gasteiger partial charge in [0, 0.05) is 16.6 Å². The van der Waals surface area contributed by atoms with Gasteiger partial charge < -0.3 is 4.90 Å². The second kappa shape index (κ2) is 5.37. The SMILES string of the molecule is C#CCN(CC1CC1)c1ccc(C=O)cc1Br. The van der Waals surface area contributed by atoms with E-state index in [1.165, 1.54) is 12.8 Å². The monoisotopic (exact) mass is 291 g/mol. The zero-order valence-electron chi connectivity index (χ0n) is 9.53. The number of nitrogens with zero attached hydrogens (tertiary/aromatic N) is 1. The molecule has 1 fully saturated rings. The van der Waals surface area contributed by atoms with Crippen molar-refractivity contribution in [2.75, 3.05) is 18.0 Å². The molecule has 0 unspecified atom stereocenters. The molecule has 0 bridgehead atoms. The molecule has 0 saturated heterocycles. The molecular formula is C14H14BrNO. The zero-order chi connectivity index (χ0) is 12.3. The van der Waals surface area contributed by atoms with Gasteiger partial charge in [0.1, 0.15) is 6.29 Å². The number of rotatable bonds is 5. The summed E-state index contributed by atoms with van der Waals surface area (Å²) in [4.78, 5) is 12.9. The number of hydrogen-bond acceptors (Lipinski definition) is 2. The molecule has 0 atom stereocenters. The fourth-order valence-corrected chi connectivity index (χ4v) is 2.47. The number of aldehydes is 1. The number of benzene rings is 1. The minimum atomic E-state index is 0.607. The van der Waals surface area contributed by atoms with Crippen LogP contribution >= 0.6 is 15.9 Å². The van der Waals surface area contributed by atoms with Crippen LogP contribution in [0.5, 0.6) is 0 Å². The van der Waals surface area contributed by atoms with Crippen LogP contribution in [0.4, 0.5) is 5.69 Å². The number of halogens is 1. The lowest BCUT2D eigenvalue weighted by Gasteiger charge is -2.23. The maximum Gasteiger partial charge on any atom is 0.150 e. The highest BCUT2D eigenvalue weighted by Gasteiger charge is 2.24. The summed E-state index contributed by atoms with van der Waals surface area (Å²) in [7, 11) is 0. The molecule has 1 aromatic rings. The summed E-state index contributed by atoms with van der Waals surface area (Å²) < 4.78 is 0.929. The zero-order valence-corrected chi connectivity index (χ0v) is 11.1. The molecule has 3 heteroatoms. The van der Waals surface area contributed by atoms with Gasteiger partial charge in [-0.15, -0.1) is 6.42 Å². The van der Waals surface area contributed by atoms with Crippen molar-refractivity contribution < 1.29 is 4.79 Å². The summed E-state index contributed by atoms with van der Waals surface area (Å²) in [5.74, 6) is 3.47. The van der Waals surface area contributed by atoms with Crippen LogP contribution in [0.25, 0.3) is 0 Å². The van der Waals surface area contributed by atoms with Crippen molar-refractivity contribution in [3.63, 3.8) is 0 Å². The molecule has 2 rings (SSSR count). The number of terminal acetylenes is 1. The van der Waals surface area contributed by atoms with Gasteiger partial charge in [0.05, 0.1) is 12.2 Å². The Labute approximate surface area is 110 Å². The first kappa shape index (κ1) is 12.2. The van der Waals surface area contributed by atoms with Gasteiger partial charge in [-0.05, 0) is 52.9 Å². The van der Waals surface area contributed by atoms with E-state index >= 15 is 0 Å². The van der Waals surface area contributed by atoms with E-state index in [2.05, 4.69) is 26.8 Å². The van der Waals surface area contributed by atoms with E-state index in [9.17, 15) is 4.79 Å². The molecule has 0 heterocycles. The van der Waals surface area contributed by atoms with Crippen LogP contribution in [0.2, 0.25) is 0 Å². The maximum atomic E-state index is 10.7. The first-order valence-electron chi connectivity index (χ1n) is 5.67. The van der Waals surface area contributed by atoms with Gasteiger partial charge in [0.15, 0.2) is 0 Å². The van der Waals surface area contributed by atoms with Crippen LogP contribution < -0.4 is 4.90 Å². The Morgan fingerprint density at radius 1 is 1.53 bits per heavy atom. The summed E-state index contributed by atoms with van der Waals surface area (Å²) in [6.07, 6.45) is 8.85. The molecule has 0 aromatic heterocycles. The van der Waals surface area contributed by atoms with Gasteiger partial charge in [-0.3, -0.25) is 4.79 Å². The Morgan fingerprint density at radius 3 is 2.82 bits per heavy atom. The molecule has 1 aromatic carbocycles. The number of carbonyl (C=O) groups excluding carboxylic acids is 1. The fraction of sp³-hybridized carbons (Fsp3) is 0.357. The second-order valence-electron chi connectivity index (χ2n) is 4.36. The highest BCUT2D eigenvalue weighted by molar-refractivity contribution is 9.10. The smallest absolute Gasteiger partial charge is 0.150 e. The molecule has 2 nitrogen and oxygen atoms in total. The minimum Gasteiger partial charge on any atom is -0.359 e. The summed E-state index contributed by atoms with van der Waals surface area (Å²) in [6, 6.07) is 5.61. The van der Waals surface area contributed by atoms with Gasteiger partial charge in [-0.25, -0.2) is 0 Å². The van der Waals surface area contributed by atoms with Crippen molar-refractivity contribution in [2.24, 2.45) is 5.92 Å². The van der Waals surface area contributed by atoms with Crippen LogP contribution in [-0.2, 0) is 0 Å². The summed E-state index contributed by atoms with van der Waals surface area (Å²) in [6.45, 7) is 1.61. The predicted octanol–water partition coefficient (Wildman–Crippen LogP) is 3.11. The quantitative estimate of drug-likeness (QED) is 0.614. The third kappa shape index (κ3) is 3.10. The van der Waals surface area contributed by atoms with Crippen LogP contribution in [-0.4, -0.2) is 19.4 Å². The summed E-state index contributed by atoms with van der Waals surface area (Å²) in [5.41, 5.74) is 1.74. The van der Waals surface area contributed by atoms with E-state index in [1.54, 1.807) is 0 Å². The van der Waals surface area contributed by atoms with Gasteiger partial charge in [0.2, 0.25) is 0 Å². The molecule has 0 radical (unpaired) electrons. The van der Waals surface area contributed by atoms with Crippen molar-refractivity contribution in [3.05, 3.63) is 28.2 Å². The highest BCUT2D eigenvalue weighted by Crippen LogP contribution is 2.34. The molecule has 17 heavy (non-hydrogen) atoms. The predicted molar refractivity (Wildman–Crippen MR) is 73.3 cm³/mol. The van der Waals surface area contributed by atoms with E-state index in [0.717, 1.165) is 28.9 Å². The Kier molecular flexibility index (Phi) is 3.86. The lowest BCUT2D eigenvalue weighted by atomic mass is 10.2. The third-order valence-corrected chi connectivity index (χ3v) is 3.54. The molecule has 88 valence electrons. The van der Waals surface area contributed by atoms with Crippen molar-refractivity contribution in [1.29, 1.82) is 0 Å². The molecule has 0 amide bonds. The van der Waals surface area contributed by atoms with Crippen molar-refractivity contribution in [3.8, 4) is 12.3 Å². The van der Waals surface area contributed by atoms with Gasteiger partial charge >= 0.3 is 0 Å². The third-order valence-electron chi connectivity index (χ3n) is 2.91. The van der Waals surface area contributed by atoms with Crippen LogP contribution in [0.3, 0.4) is 0 Å². The lowest BCUT2D eigenvalue weighted by molar-refractivity contribution is 0.112. The average Bonchev–Trinajstić information content (AvgIpc) is 3.12. The Morgan fingerprint density at radius 2 is 2.29 bits per heavy atom.